The third-order valence-electron chi connectivity index (χ3n) is 3.01. The van der Waals surface area contributed by atoms with Gasteiger partial charge in [-0.3, -0.25) is 0 Å². The van der Waals surface area contributed by atoms with E-state index in [1.807, 2.05) is 11.8 Å². The summed E-state index contributed by atoms with van der Waals surface area (Å²) in [4.78, 5) is 13.4. The van der Waals surface area contributed by atoms with Gasteiger partial charge in [0.1, 0.15) is 0 Å². The average molecular weight is 266 g/mol. The fraction of sp³-hybridized carbons (Fsp3) is 0.462. The van der Waals surface area contributed by atoms with Gasteiger partial charge in [0.05, 0.1) is 11.3 Å². The number of nitrogens with zero attached hydrogens (tertiary/aromatic N) is 1. The number of rotatable bonds is 2. The van der Waals surface area contributed by atoms with E-state index in [1.54, 1.807) is 18.2 Å². The van der Waals surface area contributed by atoms with E-state index < -0.39 is 5.97 Å². The number of nitrogens with two attached hydrogens (primary N) is 1. The van der Waals surface area contributed by atoms with Crippen LogP contribution in [-0.4, -0.2) is 34.7 Å². The van der Waals surface area contributed by atoms with Crippen LogP contribution in [0.1, 0.15) is 24.2 Å². The molecular formula is C13H18N2O2S. The monoisotopic (exact) mass is 266 g/mol. The van der Waals surface area contributed by atoms with Crippen LogP contribution in [0, 0.1) is 0 Å². The summed E-state index contributed by atoms with van der Waals surface area (Å²) in [6.45, 7) is 6.05. The highest BCUT2D eigenvalue weighted by molar-refractivity contribution is 8.00. The molecule has 4 nitrogen and oxygen atoms in total. The van der Waals surface area contributed by atoms with Gasteiger partial charge in [-0.2, -0.15) is 11.8 Å². The topological polar surface area (TPSA) is 66.6 Å². The van der Waals surface area contributed by atoms with Crippen molar-refractivity contribution >= 4 is 29.1 Å². The molecule has 0 bridgehead atoms. The normalized spacial score (nSPS) is 24.0. The van der Waals surface area contributed by atoms with Crippen LogP contribution in [-0.2, 0) is 0 Å². The van der Waals surface area contributed by atoms with Gasteiger partial charge in [-0.15, -0.1) is 0 Å². The standard InChI is InChI=1S/C13H18N2O2S/c1-8-6-15(7-9(2)18-8)12-5-10(14)3-4-11(12)13(16)17/h3-5,8-9H,6-7,14H2,1-2H3,(H,16,17). The Balaban J connectivity index is 2.36. The molecule has 18 heavy (non-hydrogen) atoms. The summed E-state index contributed by atoms with van der Waals surface area (Å²) in [5.74, 6) is -0.900. The number of carboxylic acids is 1. The predicted octanol–water partition coefficient (Wildman–Crippen LogP) is 2.30. The highest BCUT2D eigenvalue weighted by atomic mass is 32.2. The molecule has 1 saturated heterocycles. The molecule has 1 aliphatic rings. The number of carboxylic acid groups (broad SMARTS) is 1. The van der Waals surface area contributed by atoms with Gasteiger partial charge in [0, 0.05) is 29.3 Å². The van der Waals surface area contributed by atoms with E-state index >= 15 is 0 Å². The lowest BCUT2D eigenvalue weighted by Crippen LogP contribution is -2.41. The summed E-state index contributed by atoms with van der Waals surface area (Å²) >= 11 is 1.94. The van der Waals surface area contributed by atoms with Crippen LogP contribution in [0.4, 0.5) is 11.4 Å². The number of anilines is 2. The van der Waals surface area contributed by atoms with Crippen LogP contribution >= 0.6 is 11.8 Å². The van der Waals surface area contributed by atoms with Crippen LogP contribution in [0.2, 0.25) is 0 Å². The number of benzene rings is 1. The second-order valence-electron chi connectivity index (χ2n) is 4.74. The van der Waals surface area contributed by atoms with Crippen LogP contribution in [0.5, 0.6) is 0 Å². The van der Waals surface area contributed by atoms with E-state index in [9.17, 15) is 9.90 Å². The van der Waals surface area contributed by atoms with Crippen LogP contribution in [0.15, 0.2) is 18.2 Å². The molecule has 98 valence electrons. The van der Waals surface area contributed by atoms with Gasteiger partial charge in [0.2, 0.25) is 0 Å². The maximum atomic E-state index is 11.3. The number of aromatic carboxylic acids is 1. The van der Waals surface area contributed by atoms with Crippen molar-refractivity contribution in [2.75, 3.05) is 23.7 Å². The summed E-state index contributed by atoms with van der Waals surface area (Å²) in [5.41, 5.74) is 7.45. The van der Waals surface area contributed by atoms with Crippen molar-refractivity contribution in [2.45, 2.75) is 24.3 Å². The van der Waals surface area contributed by atoms with Crippen LogP contribution in [0.3, 0.4) is 0 Å². The highest BCUT2D eigenvalue weighted by Gasteiger charge is 2.25. The molecule has 0 aliphatic carbocycles. The maximum absolute atomic E-state index is 11.3. The van der Waals surface area contributed by atoms with Crippen LogP contribution in [0.25, 0.3) is 0 Å². The summed E-state index contributed by atoms with van der Waals surface area (Å²) in [6, 6.07) is 4.99. The summed E-state index contributed by atoms with van der Waals surface area (Å²) in [6.07, 6.45) is 0. The first-order valence-electron chi connectivity index (χ1n) is 6.00. The van der Waals surface area contributed by atoms with E-state index in [2.05, 4.69) is 18.7 Å². The molecule has 2 unspecified atom stereocenters. The van der Waals surface area contributed by atoms with Gasteiger partial charge in [-0.1, -0.05) is 13.8 Å². The molecule has 2 rings (SSSR count). The van der Waals surface area contributed by atoms with Crippen LogP contribution < -0.4 is 10.6 Å². The highest BCUT2D eigenvalue weighted by Crippen LogP contribution is 2.31. The number of hydrogen-bond acceptors (Lipinski definition) is 4. The second kappa shape index (κ2) is 5.10. The van der Waals surface area contributed by atoms with E-state index in [0.29, 0.717) is 21.8 Å². The molecule has 0 amide bonds. The van der Waals surface area contributed by atoms with Gasteiger partial charge >= 0.3 is 5.97 Å². The van der Waals surface area contributed by atoms with Crippen molar-refractivity contribution in [3.8, 4) is 0 Å². The zero-order chi connectivity index (χ0) is 13.3. The fourth-order valence-corrected chi connectivity index (χ4v) is 3.69. The summed E-state index contributed by atoms with van der Waals surface area (Å²) in [7, 11) is 0. The van der Waals surface area contributed by atoms with E-state index in [-0.39, 0.29) is 0 Å². The van der Waals surface area contributed by atoms with E-state index in [1.165, 1.54) is 0 Å². The Bertz CT molecular complexity index is 454. The minimum absolute atomic E-state index is 0.329. The average Bonchev–Trinajstić information content (AvgIpc) is 2.27. The molecule has 0 aromatic heterocycles. The molecule has 5 heteroatoms. The third kappa shape index (κ3) is 2.72. The summed E-state index contributed by atoms with van der Waals surface area (Å²) < 4.78 is 0. The first-order chi connectivity index (χ1) is 8.47. The van der Waals surface area contributed by atoms with Gasteiger partial charge in [-0.25, -0.2) is 4.79 Å². The molecule has 1 heterocycles. The second-order valence-corrected chi connectivity index (χ2v) is 6.63. The number of hydrogen-bond donors (Lipinski definition) is 2. The first kappa shape index (κ1) is 13.1. The Morgan fingerprint density at radius 2 is 2.00 bits per heavy atom. The van der Waals surface area contributed by atoms with E-state index in [0.717, 1.165) is 18.8 Å². The van der Waals surface area contributed by atoms with Crippen molar-refractivity contribution in [3.63, 3.8) is 0 Å². The Morgan fingerprint density at radius 1 is 1.39 bits per heavy atom. The van der Waals surface area contributed by atoms with E-state index in [4.69, 9.17) is 5.73 Å². The van der Waals surface area contributed by atoms with Crippen molar-refractivity contribution < 1.29 is 9.90 Å². The molecule has 0 spiro atoms. The first-order valence-corrected chi connectivity index (χ1v) is 6.95. The molecule has 1 aromatic rings. The fourth-order valence-electron chi connectivity index (χ4n) is 2.37. The lowest BCUT2D eigenvalue weighted by atomic mass is 10.1. The lowest BCUT2D eigenvalue weighted by molar-refractivity contribution is 0.0697. The van der Waals surface area contributed by atoms with Crippen molar-refractivity contribution in [3.05, 3.63) is 23.8 Å². The predicted molar refractivity (Wildman–Crippen MR) is 76.5 cm³/mol. The quantitative estimate of drug-likeness (QED) is 0.804. The minimum Gasteiger partial charge on any atom is -0.478 e. The Kier molecular flexibility index (Phi) is 3.71. The zero-order valence-corrected chi connectivity index (χ0v) is 11.4. The molecule has 1 aromatic carbocycles. The molecule has 1 aliphatic heterocycles. The van der Waals surface area contributed by atoms with Gasteiger partial charge in [0.25, 0.3) is 0 Å². The third-order valence-corrected chi connectivity index (χ3v) is 4.24. The maximum Gasteiger partial charge on any atom is 0.337 e. The van der Waals surface area contributed by atoms with Gasteiger partial charge in [-0.05, 0) is 18.2 Å². The Labute approximate surface area is 111 Å². The number of nitrogen functional groups attached to an aromatic ring is 1. The van der Waals surface area contributed by atoms with Gasteiger partial charge < -0.3 is 15.7 Å². The largest absolute Gasteiger partial charge is 0.478 e. The van der Waals surface area contributed by atoms with Crippen molar-refractivity contribution in [2.24, 2.45) is 0 Å². The molecular weight excluding hydrogens is 248 g/mol. The molecule has 3 N–H and O–H groups in total. The van der Waals surface area contributed by atoms with Crippen molar-refractivity contribution in [1.29, 1.82) is 0 Å². The Hall–Kier alpha value is -1.36. The summed E-state index contributed by atoms with van der Waals surface area (Å²) in [5, 5.41) is 10.2. The molecule has 0 saturated carbocycles. The van der Waals surface area contributed by atoms with Gasteiger partial charge in [0.15, 0.2) is 0 Å². The number of thioether (sulfide) groups is 1. The smallest absolute Gasteiger partial charge is 0.337 e. The SMILES string of the molecule is CC1CN(c2cc(N)ccc2C(=O)O)CC(C)S1. The molecule has 2 atom stereocenters. The molecule has 1 fully saturated rings. The Morgan fingerprint density at radius 3 is 2.56 bits per heavy atom. The minimum atomic E-state index is -0.900. The molecule has 0 radical (unpaired) electrons. The van der Waals surface area contributed by atoms with Crippen molar-refractivity contribution in [1.82, 2.24) is 0 Å². The zero-order valence-electron chi connectivity index (χ0n) is 10.6. The number of carbonyl (C=O) groups is 1. The lowest BCUT2D eigenvalue weighted by Gasteiger charge is -2.37.